The van der Waals surface area contributed by atoms with E-state index >= 15 is 0 Å². The van der Waals surface area contributed by atoms with Crippen molar-refractivity contribution in [3.8, 4) is 11.5 Å². The van der Waals surface area contributed by atoms with E-state index in [-0.39, 0.29) is 25.0 Å². The van der Waals surface area contributed by atoms with Gasteiger partial charge in [-0.25, -0.2) is 4.79 Å². The highest BCUT2D eigenvalue weighted by atomic mass is 16.7. The fraction of sp³-hybridized carbons (Fsp3) is 0.381. The van der Waals surface area contributed by atoms with E-state index in [0.717, 1.165) is 19.5 Å². The van der Waals surface area contributed by atoms with Crippen LogP contribution in [0.5, 0.6) is 11.5 Å². The number of rotatable bonds is 3. The van der Waals surface area contributed by atoms with Crippen molar-refractivity contribution in [2.45, 2.75) is 24.6 Å². The van der Waals surface area contributed by atoms with Gasteiger partial charge < -0.3 is 24.8 Å². The number of hydrogen-bond donors (Lipinski definition) is 2. The van der Waals surface area contributed by atoms with E-state index in [0.29, 0.717) is 29.8 Å². The number of nitrogens with one attached hydrogen (secondary N) is 2. The van der Waals surface area contributed by atoms with E-state index < -0.39 is 0 Å². The summed E-state index contributed by atoms with van der Waals surface area (Å²) in [6.45, 7) is 2.61. The summed E-state index contributed by atoms with van der Waals surface area (Å²) in [6, 6.07) is 16.0. The molecule has 7 nitrogen and oxygen atoms in total. The Morgan fingerprint density at radius 2 is 1.89 bits per heavy atom. The Hall–Kier alpha value is -2.77. The predicted molar refractivity (Wildman–Crippen MR) is 104 cm³/mol. The molecule has 3 aliphatic heterocycles. The first kappa shape index (κ1) is 17.3. The second kappa shape index (κ2) is 7.33. The average Bonchev–Trinajstić information content (AvgIpc) is 3.33. The van der Waals surface area contributed by atoms with Crippen LogP contribution >= 0.6 is 0 Å². The van der Waals surface area contributed by atoms with E-state index in [1.165, 1.54) is 5.56 Å². The molecule has 0 saturated carbocycles. The zero-order valence-electron chi connectivity index (χ0n) is 15.5. The number of urea groups is 1. The monoisotopic (exact) mass is 381 g/mol. The SMILES string of the molecule is O=C(Nc1ccc2c(c1)OCO2)N[C@H]1C[C@H]2CO[C@@H](c3ccccc3)CN2C1. The van der Waals surface area contributed by atoms with Crippen LogP contribution in [-0.4, -0.2) is 49.5 Å². The molecule has 0 radical (unpaired) electrons. The van der Waals surface area contributed by atoms with Crippen LogP contribution in [0.3, 0.4) is 0 Å². The number of fused-ring (bicyclic) bond motifs is 2. The molecule has 3 aliphatic rings. The van der Waals surface area contributed by atoms with Gasteiger partial charge in [0, 0.05) is 36.9 Å². The summed E-state index contributed by atoms with van der Waals surface area (Å²) < 4.78 is 16.7. The zero-order valence-corrected chi connectivity index (χ0v) is 15.5. The molecule has 146 valence electrons. The number of nitrogens with zero attached hydrogens (tertiary/aromatic N) is 1. The first-order chi connectivity index (χ1) is 13.7. The van der Waals surface area contributed by atoms with Crippen molar-refractivity contribution in [3.63, 3.8) is 0 Å². The largest absolute Gasteiger partial charge is 0.454 e. The van der Waals surface area contributed by atoms with Crippen molar-refractivity contribution in [1.29, 1.82) is 0 Å². The summed E-state index contributed by atoms with van der Waals surface area (Å²) >= 11 is 0. The fourth-order valence-corrected chi connectivity index (χ4v) is 4.17. The molecular weight excluding hydrogens is 358 g/mol. The van der Waals surface area contributed by atoms with Gasteiger partial charge in [-0.3, -0.25) is 4.90 Å². The molecule has 3 heterocycles. The molecule has 5 rings (SSSR count). The van der Waals surface area contributed by atoms with E-state index in [9.17, 15) is 4.79 Å². The van der Waals surface area contributed by atoms with Crippen molar-refractivity contribution in [2.24, 2.45) is 0 Å². The summed E-state index contributed by atoms with van der Waals surface area (Å²) in [7, 11) is 0. The van der Waals surface area contributed by atoms with Crippen LogP contribution in [0, 0.1) is 0 Å². The molecule has 2 amide bonds. The summed E-state index contributed by atoms with van der Waals surface area (Å²) in [6.07, 6.45) is 0.995. The minimum atomic E-state index is -0.204. The number of benzene rings is 2. The molecule has 0 aliphatic carbocycles. The molecule has 2 N–H and O–H groups in total. The molecule has 3 atom stereocenters. The molecule has 0 unspecified atom stereocenters. The second-order valence-corrected chi connectivity index (χ2v) is 7.44. The Balaban J connectivity index is 1.16. The Bertz CT molecular complexity index is 860. The summed E-state index contributed by atoms with van der Waals surface area (Å²) in [5.74, 6) is 1.35. The maximum atomic E-state index is 12.4. The molecule has 2 aromatic carbocycles. The lowest BCUT2D eigenvalue weighted by Gasteiger charge is -2.35. The maximum Gasteiger partial charge on any atom is 0.319 e. The molecule has 28 heavy (non-hydrogen) atoms. The maximum absolute atomic E-state index is 12.4. The van der Waals surface area contributed by atoms with Gasteiger partial charge in [0.05, 0.1) is 12.7 Å². The van der Waals surface area contributed by atoms with Gasteiger partial charge in [-0.05, 0) is 24.1 Å². The van der Waals surface area contributed by atoms with Crippen LogP contribution < -0.4 is 20.1 Å². The number of anilines is 1. The second-order valence-electron chi connectivity index (χ2n) is 7.44. The van der Waals surface area contributed by atoms with Crippen LogP contribution in [0.1, 0.15) is 18.1 Å². The molecule has 0 spiro atoms. The van der Waals surface area contributed by atoms with E-state index in [1.807, 2.05) is 24.3 Å². The Morgan fingerprint density at radius 1 is 1.04 bits per heavy atom. The highest BCUT2D eigenvalue weighted by Gasteiger charge is 2.38. The number of carbonyl (C=O) groups excluding carboxylic acids is 1. The first-order valence-corrected chi connectivity index (χ1v) is 9.62. The highest BCUT2D eigenvalue weighted by Crippen LogP contribution is 2.34. The Kier molecular flexibility index (Phi) is 4.54. The standard InChI is InChI=1S/C21H23N3O4/c25-21(22-15-6-7-18-19(9-15)28-13-27-18)23-16-8-17-12-26-20(11-24(17)10-16)14-4-2-1-3-5-14/h1-7,9,16-17,20H,8,10-13H2,(H2,22,23,25)/t16-,17-,20+/m0/s1. The van der Waals surface area contributed by atoms with Gasteiger partial charge in [-0.15, -0.1) is 0 Å². The fourth-order valence-electron chi connectivity index (χ4n) is 4.17. The number of morpholine rings is 1. The average molecular weight is 381 g/mol. The van der Waals surface area contributed by atoms with Crippen LogP contribution in [0.15, 0.2) is 48.5 Å². The number of hydrogen-bond acceptors (Lipinski definition) is 5. The quantitative estimate of drug-likeness (QED) is 0.855. The lowest BCUT2D eigenvalue weighted by Crippen LogP contribution is -2.43. The van der Waals surface area contributed by atoms with Gasteiger partial charge in [-0.2, -0.15) is 0 Å². The van der Waals surface area contributed by atoms with E-state index in [2.05, 4.69) is 27.7 Å². The van der Waals surface area contributed by atoms with E-state index in [1.54, 1.807) is 12.1 Å². The molecule has 2 fully saturated rings. The number of ether oxygens (including phenoxy) is 3. The van der Waals surface area contributed by atoms with Crippen molar-refractivity contribution >= 4 is 11.7 Å². The first-order valence-electron chi connectivity index (χ1n) is 9.62. The number of amides is 2. The lowest BCUT2D eigenvalue weighted by molar-refractivity contribution is -0.0502. The van der Waals surface area contributed by atoms with Gasteiger partial charge in [0.2, 0.25) is 6.79 Å². The molecule has 2 aromatic rings. The van der Waals surface area contributed by atoms with Gasteiger partial charge in [-0.1, -0.05) is 30.3 Å². The van der Waals surface area contributed by atoms with Crippen LogP contribution in [0.4, 0.5) is 10.5 Å². The van der Waals surface area contributed by atoms with Gasteiger partial charge in [0.15, 0.2) is 11.5 Å². The summed E-state index contributed by atoms with van der Waals surface area (Å²) in [4.78, 5) is 14.8. The van der Waals surface area contributed by atoms with Gasteiger partial charge in [0.25, 0.3) is 0 Å². The van der Waals surface area contributed by atoms with E-state index in [4.69, 9.17) is 14.2 Å². The van der Waals surface area contributed by atoms with Gasteiger partial charge in [0.1, 0.15) is 0 Å². The number of carbonyl (C=O) groups is 1. The minimum Gasteiger partial charge on any atom is -0.454 e. The third-order valence-corrected chi connectivity index (χ3v) is 5.56. The predicted octanol–water partition coefficient (Wildman–Crippen LogP) is 2.75. The topological polar surface area (TPSA) is 72.1 Å². The lowest BCUT2D eigenvalue weighted by atomic mass is 10.1. The van der Waals surface area contributed by atoms with Crippen molar-refractivity contribution in [1.82, 2.24) is 10.2 Å². The third kappa shape index (κ3) is 3.50. The Morgan fingerprint density at radius 3 is 2.79 bits per heavy atom. The summed E-state index contributed by atoms with van der Waals surface area (Å²) in [5.41, 5.74) is 1.89. The van der Waals surface area contributed by atoms with Crippen LogP contribution in [-0.2, 0) is 4.74 Å². The smallest absolute Gasteiger partial charge is 0.319 e. The molecule has 0 aromatic heterocycles. The molecule has 2 saturated heterocycles. The minimum absolute atomic E-state index is 0.0960. The van der Waals surface area contributed by atoms with Gasteiger partial charge >= 0.3 is 6.03 Å². The normalized spacial score (nSPS) is 25.9. The van der Waals surface area contributed by atoms with Crippen molar-refractivity contribution in [2.75, 3.05) is 31.8 Å². The van der Waals surface area contributed by atoms with Crippen LogP contribution in [0.2, 0.25) is 0 Å². The molecule has 7 heteroatoms. The Labute approximate surface area is 163 Å². The third-order valence-electron chi connectivity index (χ3n) is 5.56. The van der Waals surface area contributed by atoms with Crippen molar-refractivity contribution in [3.05, 3.63) is 54.1 Å². The molecule has 0 bridgehead atoms. The molecular formula is C21H23N3O4. The van der Waals surface area contributed by atoms with Crippen LogP contribution in [0.25, 0.3) is 0 Å². The zero-order chi connectivity index (χ0) is 18.9. The highest BCUT2D eigenvalue weighted by molar-refractivity contribution is 5.90. The van der Waals surface area contributed by atoms with Crippen molar-refractivity contribution < 1.29 is 19.0 Å². The summed E-state index contributed by atoms with van der Waals surface area (Å²) in [5, 5.41) is 5.97.